The second-order valence-corrected chi connectivity index (χ2v) is 3.93. The third kappa shape index (κ3) is 3.52. The van der Waals surface area contributed by atoms with Gasteiger partial charge in [0.2, 0.25) is 5.76 Å². The highest BCUT2D eigenvalue weighted by molar-refractivity contribution is 5.91. The van der Waals surface area contributed by atoms with Crippen LogP contribution >= 0.6 is 0 Å². The van der Waals surface area contributed by atoms with Gasteiger partial charge in [-0.3, -0.25) is 9.59 Å². The summed E-state index contributed by atoms with van der Waals surface area (Å²) >= 11 is 0. The molecule has 1 amide bonds. The van der Waals surface area contributed by atoms with E-state index in [1.807, 2.05) is 0 Å². The number of hydrogen-bond acceptors (Lipinski definition) is 5. The molecule has 0 radical (unpaired) electrons. The van der Waals surface area contributed by atoms with Crippen molar-refractivity contribution in [1.29, 1.82) is 0 Å². The Morgan fingerprint density at radius 2 is 2.32 bits per heavy atom. The zero-order valence-corrected chi connectivity index (χ0v) is 10.0. The highest BCUT2D eigenvalue weighted by atomic mass is 16.5. The van der Waals surface area contributed by atoms with E-state index >= 15 is 0 Å². The third-order valence-electron chi connectivity index (χ3n) is 2.47. The monoisotopic (exact) mass is 263 g/mol. The van der Waals surface area contributed by atoms with Crippen LogP contribution in [0.4, 0.5) is 0 Å². The summed E-state index contributed by atoms with van der Waals surface area (Å²) in [4.78, 5) is 22.9. The molecule has 1 unspecified atom stereocenters. The highest BCUT2D eigenvalue weighted by Crippen LogP contribution is 1.96. The SMILES string of the molecule is O=C(NCC(O)Cn1ccccc1=O)c1ccno1. The van der Waals surface area contributed by atoms with Gasteiger partial charge in [-0.1, -0.05) is 11.2 Å². The van der Waals surface area contributed by atoms with Crippen molar-refractivity contribution in [3.05, 3.63) is 52.8 Å². The first-order valence-corrected chi connectivity index (χ1v) is 5.69. The smallest absolute Gasteiger partial charge is 0.289 e. The van der Waals surface area contributed by atoms with Crippen molar-refractivity contribution in [3.63, 3.8) is 0 Å². The number of rotatable bonds is 5. The molecule has 1 atom stereocenters. The minimum absolute atomic E-state index is 0.0147. The van der Waals surface area contributed by atoms with Gasteiger partial charge >= 0.3 is 0 Å². The number of aliphatic hydroxyl groups excluding tert-OH is 1. The number of nitrogens with one attached hydrogen (secondary N) is 1. The zero-order chi connectivity index (χ0) is 13.7. The van der Waals surface area contributed by atoms with E-state index in [2.05, 4.69) is 15.0 Å². The number of aromatic nitrogens is 2. The van der Waals surface area contributed by atoms with Gasteiger partial charge in [0.1, 0.15) is 0 Å². The van der Waals surface area contributed by atoms with Crippen molar-refractivity contribution < 1.29 is 14.4 Å². The quantitative estimate of drug-likeness (QED) is 0.767. The van der Waals surface area contributed by atoms with Crippen molar-refractivity contribution in [2.24, 2.45) is 0 Å². The largest absolute Gasteiger partial charge is 0.389 e. The summed E-state index contributed by atoms with van der Waals surface area (Å²) in [5, 5.41) is 15.6. The summed E-state index contributed by atoms with van der Waals surface area (Å²) in [6.45, 7) is 0.122. The second-order valence-electron chi connectivity index (χ2n) is 3.93. The lowest BCUT2D eigenvalue weighted by atomic mass is 10.3. The van der Waals surface area contributed by atoms with E-state index in [0.717, 1.165) is 0 Å². The Morgan fingerprint density at radius 3 is 3.00 bits per heavy atom. The van der Waals surface area contributed by atoms with Crippen LogP contribution in [-0.4, -0.2) is 33.4 Å². The molecule has 19 heavy (non-hydrogen) atoms. The maximum atomic E-state index is 11.5. The molecular formula is C12H13N3O4. The lowest BCUT2D eigenvalue weighted by molar-refractivity contribution is 0.0868. The van der Waals surface area contributed by atoms with Crippen molar-refractivity contribution >= 4 is 5.91 Å². The topological polar surface area (TPSA) is 97.4 Å². The number of hydrogen-bond donors (Lipinski definition) is 2. The zero-order valence-electron chi connectivity index (χ0n) is 10.0. The maximum Gasteiger partial charge on any atom is 0.289 e. The van der Waals surface area contributed by atoms with Crippen molar-refractivity contribution in [3.8, 4) is 0 Å². The van der Waals surface area contributed by atoms with Gasteiger partial charge in [0.15, 0.2) is 0 Å². The molecule has 0 aliphatic carbocycles. The molecule has 2 rings (SSSR count). The summed E-state index contributed by atoms with van der Waals surface area (Å²) in [5.74, 6) is -0.388. The molecule has 2 heterocycles. The van der Waals surface area contributed by atoms with E-state index in [-0.39, 0.29) is 24.4 Å². The van der Waals surface area contributed by atoms with Gasteiger partial charge in [0.25, 0.3) is 11.5 Å². The highest BCUT2D eigenvalue weighted by Gasteiger charge is 2.12. The summed E-state index contributed by atoms with van der Waals surface area (Å²) in [6.07, 6.45) is 2.06. The molecule has 0 saturated heterocycles. The van der Waals surface area contributed by atoms with Gasteiger partial charge in [-0.15, -0.1) is 0 Å². The average Bonchev–Trinajstić information content (AvgIpc) is 2.93. The van der Waals surface area contributed by atoms with Crippen LogP contribution < -0.4 is 10.9 Å². The minimum atomic E-state index is -0.869. The van der Waals surface area contributed by atoms with Crippen molar-refractivity contribution in [2.75, 3.05) is 6.54 Å². The number of aliphatic hydroxyl groups is 1. The standard InChI is InChI=1S/C12H13N3O4/c16-9(8-15-6-2-1-3-11(15)17)7-13-12(18)10-4-5-14-19-10/h1-6,9,16H,7-8H2,(H,13,18). The lowest BCUT2D eigenvalue weighted by Gasteiger charge is -2.12. The van der Waals surface area contributed by atoms with Gasteiger partial charge in [-0.2, -0.15) is 0 Å². The van der Waals surface area contributed by atoms with Crippen LogP contribution in [0.2, 0.25) is 0 Å². The second kappa shape index (κ2) is 5.96. The van der Waals surface area contributed by atoms with Crippen LogP contribution in [0, 0.1) is 0 Å². The molecular weight excluding hydrogens is 250 g/mol. The molecule has 0 aliphatic heterocycles. The average molecular weight is 263 g/mol. The van der Waals surface area contributed by atoms with E-state index in [4.69, 9.17) is 0 Å². The number of pyridine rings is 1. The normalized spacial score (nSPS) is 12.1. The third-order valence-corrected chi connectivity index (χ3v) is 2.47. The molecule has 7 nitrogen and oxygen atoms in total. The fourth-order valence-electron chi connectivity index (χ4n) is 1.53. The van der Waals surface area contributed by atoms with Crippen LogP contribution in [0.15, 0.2) is 46.0 Å². The first-order chi connectivity index (χ1) is 9.16. The first kappa shape index (κ1) is 13.0. The lowest BCUT2D eigenvalue weighted by Crippen LogP contribution is -2.36. The minimum Gasteiger partial charge on any atom is -0.389 e. The Kier molecular flexibility index (Phi) is 4.09. The molecule has 0 aromatic carbocycles. The van der Waals surface area contributed by atoms with E-state index in [9.17, 15) is 14.7 Å². The summed E-state index contributed by atoms with van der Waals surface area (Å²) in [5.41, 5.74) is -0.205. The molecule has 100 valence electrons. The number of nitrogens with zero attached hydrogens (tertiary/aromatic N) is 2. The fourth-order valence-corrected chi connectivity index (χ4v) is 1.53. The Morgan fingerprint density at radius 1 is 1.47 bits per heavy atom. The van der Waals surface area contributed by atoms with E-state index in [1.165, 1.54) is 22.9 Å². The first-order valence-electron chi connectivity index (χ1n) is 5.69. The maximum absolute atomic E-state index is 11.5. The van der Waals surface area contributed by atoms with Gasteiger partial charge < -0.3 is 19.5 Å². The van der Waals surface area contributed by atoms with Gasteiger partial charge in [0, 0.05) is 24.9 Å². The summed E-state index contributed by atoms with van der Waals surface area (Å²) in [7, 11) is 0. The summed E-state index contributed by atoms with van der Waals surface area (Å²) in [6, 6.07) is 6.14. The van der Waals surface area contributed by atoms with Crippen LogP contribution in [0.1, 0.15) is 10.6 Å². The van der Waals surface area contributed by atoms with Gasteiger partial charge in [-0.05, 0) is 6.07 Å². The number of amides is 1. The molecule has 2 aromatic heterocycles. The van der Waals surface area contributed by atoms with Crippen LogP contribution in [0.3, 0.4) is 0 Å². The number of carbonyl (C=O) groups is 1. The number of carbonyl (C=O) groups excluding carboxylic acids is 1. The molecule has 0 fully saturated rings. The van der Waals surface area contributed by atoms with Gasteiger partial charge in [0.05, 0.1) is 18.8 Å². The van der Waals surface area contributed by atoms with E-state index in [0.29, 0.717) is 0 Å². The summed E-state index contributed by atoms with van der Waals surface area (Å²) < 4.78 is 6.03. The van der Waals surface area contributed by atoms with Crippen molar-refractivity contribution in [2.45, 2.75) is 12.6 Å². The Balaban J connectivity index is 1.85. The predicted molar refractivity (Wildman–Crippen MR) is 65.5 cm³/mol. The Labute approximate surface area is 108 Å². The van der Waals surface area contributed by atoms with Crippen LogP contribution in [-0.2, 0) is 6.54 Å². The molecule has 2 N–H and O–H groups in total. The fraction of sp³-hybridized carbons (Fsp3) is 0.250. The molecule has 0 aliphatic rings. The van der Waals surface area contributed by atoms with Gasteiger partial charge in [-0.25, -0.2) is 0 Å². The molecule has 0 spiro atoms. The molecule has 7 heteroatoms. The molecule has 0 bridgehead atoms. The predicted octanol–water partition coefficient (Wildman–Crippen LogP) is -0.373. The Hall–Kier alpha value is -2.41. The van der Waals surface area contributed by atoms with E-state index < -0.39 is 12.0 Å². The Bertz CT molecular complexity index is 591. The van der Waals surface area contributed by atoms with E-state index in [1.54, 1.807) is 18.3 Å². The van der Waals surface area contributed by atoms with Crippen molar-refractivity contribution in [1.82, 2.24) is 15.0 Å². The molecule has 2 aromatic rings. The van der Waals surface area contributed by atoms with Crippen LogP contribution in [0.5, 0.6) is 0 Å². The van der Waals surface area contributed by atoms with Crippen LogP contribution in [0.25, 0.3) is 0 Å². The molecule has 0 saturated carbocycles.